The summed E-state index contributed by atoms with van der Waals surface area (Å²) in [5.74, 6) is -0.549. The summed E-state index contributed by atoms with van der Waals surface area (Å²) in [7, 11) is 0. The van der Waals surface area contributed by atoms with Crippen molar-refractivity contribution < 1.29 is 45.7 Å². The van der Waals surface area contributed by atoms with Gasteiger partial charge in [-0.25, -0.2) is 0 Å². The summed E-state index contributed by atoms with van der Waals surface area (Å²) in [6.45, 7) is 3.48. The Morgan fingerprint density at radius 2 is 1.66 bits per heavy atom. The number of halogens is 7. The lowest BCUT2D eigenvalue weighted by molar-refractivity contribution is -0.253. The lowest BCUT2D eigenvalue weighted by Gasteiger charge is -2.22. The van der Waals surface area contributed by atoms with Gasteiger partial charge in [-0.15, -0.1) is 6.58 Å². The maximum Gasteiger partial charge on any atom is 0.461 e. The van der Waals surface area contributed by atoms with Gasteiger partial charge < -0.3 is 14.9 Å². The molecule has 2 N–H and O–H groups in total. The van der Waals surface area contributed by atoms with Gasteiger partial charge in [0.25, 0.3) is 0 Å². The van der Waals surface area contributed by atoms with E-state index in [-0.39, 0.29) is 35.1 Å². The number of benzene rings is 2. The molecule has 0 aromatic heterocycles. The lowest BCUT2D eigenvalue weighted by Crippen LogP contribution is -2.33. The molecule has 2 atom stereocenters. The Balaban J connectivity index is 2.41. The van der Waals surface area contributed by atoms with E-state index in [9.17, 15) is 40.9 Å². The van der Waals surface area contributed by atoms with Crippen LogP contribution < -0.4 is 4.74 Å². The van der Waals surface area contributed by atoms with E-state index in [1.165, 1.54) is 36.4 Å². The number of alkyl halides is 7. The molecule has 0 saturated carbocycles. The van der Waals surface area contributed by atoms with E-state index in [2.05, 4.69) is 11.3 Å². The second-order valence-electron chi connectivity index (χ2n) is 7.08. The quantitative estimate of drug-likeness (QED) is 0.355. The van der Waals surface area contributed by atoms with Gasteiger partial charge in [-0.2, -0.15) is 30.7 Å². The normalized spacial score (nSPS) is 14.3. The number of aliphatic hydroxyl groups excluding tert-OH is 2. The van der Waals surface area contributed by atoms with Crippen LogP contribution in [0.3, 0.4) is 0 Å². The fourth-order valence-electron chi connectivity index (χ4n) is 3.12. The van der Waals surface area contributed by atoms with Crippen molar-refractivity contribution in [3.8, 4) is 5.75 Å². The van der Waals surface area contributed by atoms with Crippen molar-refractivity contribution in [2.24, 2.45) is 0 Å². The van der Waals surface area contributed by atoms with Crippen LogP contribution in [0.15, 0.2) is 55.1 Å². The Bertz CT molecular complexity index is 913. The summed E-state index contributed by atoms with van der Waals surface area (Å²) in [4.78, 5) is 0. The molecular weight excluding hydrogens is 445 g/mol. The molecule has 0 aliphatic rings. The molecule has 32 heavy (non-hydrogen) atoms. The average molecular weight is 466 g/mol. The van der Waals surface area contributed by atoms with Crippen molar-refractivity contribution in [1.82, 2.24) is 0 Å². The van der Waals surface area contributed by atoms with E-state index in [0.29, 0.717) is 0 Å². The molecule has 0 saturated heterocycles. The Kier molecular flexibility index (Phi) is 8.30. The highest BCUT2D eigenvalue weighted by Crippen LogP contribution is 2.32. The van der Waals surface area contributed by atoms with E-state index < -0.39 is 43.1 Å². The maximum absolute atomic E-state index is 13.2. The molecule has 2 aromatic rings. The third-order valence-corrected chi connectivity index (χ3v) is 4.63. The molecule has 2 rings (SSSR count). The van der Waals surface area contributed by atoms with Crippen LogP contribution in [0.25, 0.3) is 0 Å². The van der Waals surface area contributed by atoms with Gasteiger partial charge in [-0.1, -0.05) is 36.4 Å². The summed E-state index contributed by atoms with van der Waals surface area (Å²) in [5.41, 5.74) is 0.760. The first-order valence-corrected chi connectivity index (χ1v) is 9.43. The second kappa shape index (κ2) is 10.4. The van der Waals surface area contributed by atoms with Crippen molar-refractivity contribution in [1.29, 1.82) is 0 Å². The Labute approximate surface area is 179 Å². The van der Waals surface area contributed by atoms with Gasteiger partial charge in [0.15, 0.2) is 6.10 Å². The summed E-state index contributed by atoms with van der Waals surface area (Å²) in [6.07, 6.45) is -17.0. The van der Waals surface area contributed by atoms with Gasteiger partial charge in [-0.05, 0) is 47.2 Å². The Hall–Kier alpha value is -2.59. The minimum atomic E-state index is -4.90. The lowest BCUT2D eigenvalue weighted by atomic mass is 9.89. The van der Waals surface area contributed by atoms with E-state index in [0.717, 1.165) is 12.1 Å². The molecule has 0 radical (unpaired) electrons. The molecule has 0 fully saturated rings. The molecular formula is C22H21F7O3. The predicted molar refractivity (Wildman–Crippen MR) is 103 cm³/mol. The van der Waals surface area contributed by atoms with Crippen LogP contribution in [-0.4, -0.2) is 35.0 Å². The number of hydrogen-bond donors (Lipinski definition) is 2. The highest BCUT2D eigenvalue weighted by atomic mass is 19.4. The predicted octanol–water partition coefficient (Wildman–Crippen LogP) is 5.59. The second-order valence-corrected chi connectivity index (χ2v) is 7.08. The largest absolute Gasteiger partial charge is 0.461 e. The Morgan fingerprint density at radius 1 is 1.00 bits per heavy atom. The first kappa shape index (κ1) is 25.7. The van der Waals surface area contributed by atoms with E-state index in [1.54, 1.807) is 0 Å². The van der Waals surface area contributed by atoms with Gasteiger partial charge in [-0.3, -0.25) is 0 Å². The van der Waals surface area contributed by atoms with Crippen molar-refractivity contribution in [3.05, 3.63) is 77.4 Å². The van der Waals surface area contributed by atoms with Crippen molar-refractivity contribution >= 4 is 0 Å². The summed E-state index contributed by atoms with van der Waals surface area (Å²) in [5, 5.41) is 19.9. The molecule has 0 spiro atoms. The first-order valence-electron chi connectivity index (χ1n) is 9.43. The maximum atomic E-state index is 13.2. The third-order valence-electron chi connectivity index (χ3n) is 4.63. The SMILES string of the molecule is C=CCC(O)c1cccc(Cc2cccc(OC(F)(F)C(F)F)c2)c1CC(O)C(F)(F)F. The number of rotatable bonds is 10. The monoisotopic (exact) mass is 466 g/mol. The van der Waals surface area contributed by atoms with Crippen molar-refractivity contribution in [3.63, 3.8) is 0 Å². The topological polar surface area (TPSA) is 49.7 Å². The third kappa shape index (κ3) is 6.70. The zero-order valence-electron chi connectivity index (χ0n) is 16.6. The van der Waals surface area contributed by atoms with Crippen LogP contribution in [-0.2, 0) is 12.8 Å². The minimum Gasteiger partial charge on any atom is -0.428 e. The van der Waals surface area contributed by atoms with Gasteiger partial charge >= 0.3 is 18.7 Å². The standard InChI is InChI=1S/C22H21F7O3/c1-2-5-18(30)16-9-4-7-14(17(16)12-19(31)21(25,26)27)10-13-6-3-8-15(11-13)32-22(28,29)20(23)24/h2-4,6-9,11,18-20,30-31H,1,5,10,12H2. The summed E-state index contributed by atoms with van der Waals surface area (Å²) < 4.78 is 94.1. The van der Waals surface area contributed by atoms with Gasteiger partial charge in [0, 0.05) is 6.42 Å². The van der Waals surface area contributed by atoms with Crippen LogP contribution in [0.5, 0.6) is 5.75 Å². The number of hydrogen-bond acceptors (Lipinski definition) is 3. The number of ether oxygens (including phenoxy) is 1. The smallest absolute Gasteiger partial charge is 0.428 e. The van der Waals surface area contributed by atoms with E-state index in [4.69, 9.17) is 0 Å². The highest BCUT2D eigenvalue weighted by molar-refractivity contribution is 5.42. The molecule has 0 aliphatic heterocycles. The molecule has 176 valence electrons. The summed E-state index contributed by atoms with van der Waals surface area (Å²) >= 11 is 0. The summed E-state index contributed by atoms with van der Waals surface area (Å²) in [6, 6.07) is 9.19. The van der Waals surface area contributed by atoms with Gasteiger partial charge in [0.05, 0.1) is 6.10 Å². The molecule has 2 unspecified atom stereocenters. The molecule has 0 bridgehead atoms. The number of aliphatic hydroxyl groups is 2. The zero-order chi connectivity index (χ0) is 24.1. The van der Waals surface area contributed by atoms with Crippen LogP contribution in [0.2, 0.25) is 0 Å². The fraction of sp³-hybridized carbons (Fsp3) is 0.364. The molecule has 0 aliphatic carbocycles. The molecule has 10 heteroatoms. The van der Waals surface area contributed by atoms with Crippen molar-refractivity contribution in [2.45, 2.75) is 50.2 Å². The first-order chi connectivity index (χ1) is 14.8. The molecule has 0 heterocycles. The van der Waals surface area contributed by atoms with Crippen LogP contribution in [0.4, 0.5) is 30.7 Å². The van der Waals surface area contributed by atoms with E-state index in [1.807, 2.05) is 0 Å². The van der Waals surface area contributed by atoms with Gasteiger partial charge in [0.2, 0.25) is 0 Å². The zero-order valence-corrected chi connectivity index (χ0v) is 16.6. The fourth-order valence-corrected chi connectivity index (χ4v) is 3.12. The van der Waals surface area contributed by atoms with E-state index >= 15 is 0 Å². The van der Waals surface area contributed by atoms with Gasteiger partial charge in [0.1, 0.15) is 5.75 Å². The van der Waals surface area contributed by atoms with Crippen LogP contribution in [0, 0.1) is 0 Å². The average Bonchev–Trinajstić information content (AvgIpc) is 2.68. The minimum absolute atomic E-state index is 0.0379. The van der Waals surface area contributed by atoms with Crippen molar-refractivity contribution in [2.75, 3.05) is 0 Å². The van der Waals surface area contributed by atoms with Crippen LogP contribution in [0.1, 0.15) is 34.8 Å². The highest BCUT2D eigenvalue weighted by Gasteiger charge is 2.44. The van der Waals surface area contributed by atoms with Crippen LogP contribution >= 0.6 is 0 Å². The molecule has 3 nitrogen and oxygen atoms in total. The molecule has 2 aromatic carbocycles. The Morgan fingerprint density at radius 3 is 2.25 bits per heavy atom. The molecule has 0 amide bonds.